The standard InChI is InChI=1S/C14H20N2O3S/c17-13-3-5-14(6-4-13)20(18,19)15-11-7-9-16-8-1-2-12(16)10-11/h3-6,11-12,15,17H,1-2,7-10H2. The summed E-state index contributed by atoms with van der Waals surface area (Å²) in [5.41, 5.74) is 0. The van der Waals surface area contributed by atoms with Gasteiger partial charge in [0.2, 0.25) is 10.0 Å². The number of piperidine rings is 1. The van der Waals surface area contributed by atoms with Crippen LogP contribution in [0.4, 0.5) is 0 Å². The van der Waals surface area contributed by atoms with E-state index >= 15 is 0 Å². The van der Waals surface area contributed by atoms with Crippen molar-refractivity contribution < 1.29 is 13.5 Å². The van der Waals surface area contributed by atoms with E-state index in [4.69, 9.17) is 0 Å². The fourth-order valence-electron chi connectivity index (χ4n) is 3.24. The molecule has 2 unspecified atom stereocenters. The van der Waals surface area contributed by atoms with E-state index in [0.29, 0.717) is 6.04 Å². The molecule has 3 rings (SSSR count). The summed E-state index contributed by atoms with van der Waals surface area (Å²) in [6.07, 6.45) is 4.17. The molecule has 0 saturated carbocycles. The molecule has 2 atom stereocenters. The molecule has 110 valence electrons. The zero-order chi connectivity index (χ0) is 14.2. The van der Waals surface area contributed by atoms with Crippen LogP contribution < -0.4 is 4.72 Å². The topological polar surface area (TPSA) is 69.6 Å². The monoisotopic (exact) mass is 296 g/mol. The van der Waals surface area contributed by atoms with Gasteiger partial charge in [0.05, 0.1) is 4.90 Å². The smallest absolute Gasteiger partial charge is 0.240 e. The SMILES string of the molecule is O=S(=O)(NC1CCN2CCCC2C1)c1ccc(O)cc1. The molecule has 2 N–H and O–H groups in total. The summed E-state index contributed by atoms with van der Waals surface area (Å²) < 4.78 is 27.4. The Morgan fingerprint density at radius 2 is 1.90 bits per heavy atom. The van der Waals surface area contributed by atoms with Gasteiger partial charge in [-0.05, 0) is 63.0 Å². The van der Waals surface area contributed by atoms with Gasteiger partial charge in [0.1, 0.15) is 5.75 Å². The number of sulfonamides is 1. The number of hydrogen-bond acceptors (Lipinski definition) is 4. The quantitative estimate of drug-likeness (QED) is 0.882. The third-order valence-electron chi connectivity index (χ3n) is 4.29. The molecule has 2 aliphatic rings. The van der Waals surface area contributed by atoms with Crippen molar-refractivity contribution in [3.8, 4) is 5.75 Å². The van der Waals surface area contributed by atoms with E-state index in [1.165, 1.54) is 37.1 Å². The summed E-state index contributed by atoms with van der Waals surface area (Å²) in [5.74, 6) is 0.0724. The molecule has 0 aromatic heterocycles. The number of hydrogen-bond donors (Lipinski definition) is 2. The average Bonchev–Trinajstić information content (AvgIpc) is 2.86. The van der Waals surface area contributed by atoms with Crippen molar-refractivity contribution in [2.45, 2.75) is 42.7 Å². The fraction of sp³-hybridized carbons (Fsp3) is 0.571. The van der Waals surface area contributed by atoms with E-state index in [1.54, 1.807) is 0 Å². The number of aromatic hydroxyl groups is 1. The Kier molecular flexibility index (Phi) is 3.70. The normalized spacial score (nSPS) is 27.4. The van der Waals surface area contributed by atoms with Gasteiger partial charge in [-0.25, -0.2) is 13.1 Å². The van der Waals surface area contributed by atoms with Gasteiger partial charge in [-0.3, -0.25) is 0 Å². The predicted molar refractivity (Wildman–Crippen MR) is 76.0 cm³/mol. The van der Waals surface area contributed by atoms with E-state index in [-0.39, 0.29) is 16.7 Å². The highest BCUT2D eigenvalue weighted by Gasteiger charge is 2.33. The van der Waals surface area contributed by atoms with Crippen LogP contribution in [0.15, 0.2) is 29.2 Å². The lowest BCUT2D eigenvalue weighted by molar-refractivity contribution is 0.176. The molecule has 20 heavy (non-hydrogen) atoms. The van der Waals surface area contributed by atoms with Crippen molar-refractivity contribution in [1.29, 1.82) is 0 Å². The van der Waals surface area contributed by atoms with Crippen LogP contribution in [-0.2, 0) is 10.0 Å². The van der Waals surface area contributed by atoms with Crippen LogP contribution in [0.25, 0.3) is 0 Å². The number of rotatable bonds is 3. The van der Waals surface area contributed by atoms with E-state index in [0.717, 1.165) is 25.9 Å². The highest BCUT2D eigenvalue weighted by Crippen LogP contribution is 2.27. The van der Waals surface area contributed by atoms with E-state index < -0.39 is 10.0 Å². The summed E-state index contributed by atoms with van der Waals surface area (Å²) in [6.45, 7) is 2.13. The molecule has 6 heteroatoms. The van der Waals surface area contributed by atoms with Crippen LogP contribution in [-0.4, -0.2) is 43.6 Å². The molecule has 2 heterocycles. The van der Waals surface area contributed by atoms with Crippen LogP contribution >= 0.6 is 0 Å². The van der Waals surface area contributed by atoms with Crippen LogP contribution in [0.2, 0.25) is 0 Å². The first kappa shape index (κ1) is 13.9. The van der Waals surface area contributed by atoms with Gasteiger partial charge in [-0.1, -0.05) is 0 Å². The number of benzene rings is 1. The molecule has 0 aliphatic carbocycles. The summed E-state index contributed by atoms with van der Waals surface area (Å²) >= 11 is 0. The van der Waals surface area contributed by atoms with E-state index in [2.05, 4.69) is 9.62 Å². The zero-order valence-electron chi connectivity index (χ0n) is 11.3. The molecule has 2 aliphatic heterocycles. The van der Waals surface area contributed by atoms with Gasteiger partial charge in [0, 0.05) is 12.1 Å². The first-order valence-electron chi connectivity index (χ1n) is 7.10. The van der Waals surface area contributed by atoms with Gasteiger partial charge in [-0.2, -0.15) is 0 Å². The first-order valence-corrected chi connectivity index (χ1v) is 8.58. The van der Waals surface area contributed by atoms with Crippen molar-refractivity contribution in [2.75, 3.05) is 13.1 Å². The lowest BCUT2D eigenvalue weighted by Crippen LogP contribution is -2.47. The molecule has 1 aromatic rings. The molecular formula is C14H20N2O3S. The summed E-state index contributed by atoms with van der Waals surface area (Å²) in [5, 5.41) is 9.23. The van der Waals surface area contributed by atoms with E-state index in [1.807, 2.05) is 0 Å². The largest absolute Gasteiger partial charge is 0.508 e. The van der Waals surface area contributed by atoms with Crippen molar-refractivity contribution >= 4 is 10.0 Å². The minimum Gasteiger partial charge on any atom is -0.508 e. The molecule has 0 spiro atoms. The van der Waals surface area contributed by atoms with Gasteiger partial charge in [0.15, 0.2) is 0 Å². The number of nitrogens with zero attached hydrogens (tertiary/aromatic N) is 1. The summed E-state index contributed by atoms with van der Waals surface area (Å²) in [6, 6.07) is 6.22. The van der Waals surface area contributed by atoms with Crippen LogP contribution in [0.5, 0.6) is 5.75 Å². The molecule has 2 fully saturated rings. The van der Waals surface area contributed by atoms with Crippen molar-refractivity contribution in [2.24, 2.45) is 0 Å². The van der Waals surface area contributed by atoms with Gasteiger partial charge < -0.3 is 10.0 Å². The maximum absolute atomic E-state index is 12.3. The van der Waals surface area contributed by atoms with Crippen LogP contribution in [0, 0.1) is 0 Å². The first-order chi connectivity index (χ1) is 9.54. The Morgan fingerprint density at radius 1 is 1.15 bits per heavy atom. The van der Waals surface area contributed by atoms with Crippen LogP contribution in [0.1, 0.15) is 25.7 Å². The lowest BCUT2D eigenvalue weighted by Gasteiger charge is -2.34. The minimum absolute atomic E-state index is 0.0214. The van der Waals surface area contributed by atoms with Crippen LogP contribution in [0.3, 0.4) is 0 Å². The van der Waals surface area contributed by atoms with Crippen molar-refractivity contribution in [3.05, 3.63) is 24.3 Å². The third kappa shape index (κ3) is 2.82. The van der Waals surface area contributed by atoms with Gasteiger partial charge >= 0.3 is 0 Å². The summed E-state index contributed by atoms with van der Waals surface area (Å²) in [4.78, 5) is 2.68. The minimum atomic E-state index is -3.49. The Hall–Kier alpha value is -1.11. The fourth-order valence-corrected chi connectivity index (χ4v) is 4.53. The number of phenols is 1. The highest BCUT2D eigenvalue weighted by atomic mass is 32.2. The van der Waals surface area contributed by atoms with Crippen molar-refractivity contribution in [1.82, 2.24) is 9.62 Å². The summed E-state index contributed by atoms with van der Waals surface area (Å²) in [7, 11) is -3.49. The number of nitrogens with one attached hydrogen (secondary N) is 1. The Bertz CT molecular complexity index is 571. The third-order valence-corrected chi connectivity index (χ3v) is 5.83. The lowest BCUT2D eigenvalue weighted by atomic mass is 9.99. The molecular weight excluding hydrogens is 276 g/mol. The molecule has 0 amide bonds. The number of fused-ring (bicyclic) bond motifs is 1. The van der Waals surface area contributed by atoms with Gasteiger partial charge in [0.25, 0.3) is 0 Å². The second-order valence-corrected chi connectivity index (χ2v) is 7.38. The molecule has 0 radical (unpaired) electrons. The van der Waals surface area contributed by atoms with Crippen molar-refractivity contribution in [3.63, 3.8) is 0 Å². The van der Waals surface area contributed by atoms with Gasteiger partial charge in [-0.15, -0.1) is 0 Å². The maximum atomic E-state index is 12.3. The molecule has 5 nitrogen and oxygen atoms in total. The predicted octanol–water partition coefficient (Wildman–Crippen LogP) is 1.30. The molecule has 2 saturated heterocycles. The number of phenolic OH excluding ortho intramolecular Hbond substituents is 1. The zero-order valence-corrected chi connectivity index (χ0v) is 12.1. The highest BCUT2D eigenvalue weighted by molar-refractivity contribution is 7.89. The Balaban J connectivity index is 1.69. The maximum Gasteiger partial charge on any atom is 0.240 e. The average molecular weight is 296 g/mol. The Morgan fingerprint density at radius 3 is 2.65 bits per heavy atom. The molecule has 1 aromatic carbocycles. The second-order valence-electron chi connectivity index (χ2n) is 5.67. The van der Waals surface area contributed by atoms with E-state index in [9.17, 15) is 13.5 Å². The molecule has 0 bridgehead atoms. The second kappa shape index (κ2) is 5.35. The Labute approximate surface area is 119 Å².